The van der Waals surface area contributed by atoms with Gasteiger partial charge < -0.3 is 9.47 Å². The van der Waals surface area contributed by atoms with Gasteiger partial charge in [-0.15, -0.1) is 11.3 Å². The molecular formula is C13H11BrO3S. The van der Waals surface area contributed by atoms with Crippen LogP contribution in [0.2, 0.25) is 0 Å². The summed E-state index contributed by atoms with van der Waals surface area (Å²) in [6, 6.07) is 7.00. The standard InChI is InChI=1S/C13H11BrO3S/c1-16-9-5-8(6-10(7-9)17-2)12(15)13-11(14)3-4-18-13/h3-7H,1-2H3. The molecule has 0 saturated heterocycles. The number of rotatable bonds is 4. The molecule has 3 nitrogen and oxygen atoms in total. The largest absolute Gasteiger partial charge is 0.497 e. The smallest absolute Gasteiger partial charge is 0.204 e. The van der Waals surface area contributed by atoms with Crippen LogP contribution in [0.4, 0.5) is 0 Å². The fraction of sp³-hybridized carbons (Fsp3) is 0.154. The van der Waals surface area contributed by atoms with E-state index in [-0.39, 0.29) is 5.78 Å². The molecule has 0 aliphatic rings. The fourth-order valence-electron chi connectivity index (χ4n) is 1.53. The second-order valence-electron chi connectivity index (χ2n) is 3.53. The number of hydrogen-bond acceptors (Lipinski definition) is 4. The third kappa shape index (κ3) is 2.57. The van der Waals surface area contributed by atoms with Gasteiger partial charge in [0.2, 0.25) is 5.78 Å². The lowest BCUT2D eigenvalue weighted by Crippen LogP contribution is -2.01. The molecule has 1 aromatic carbocycles. The Kier molecular flexibility index (Phi) is 4.04. The molecule has 1 aromatic heterocycles. The molecular weight excluding hydrogens is 316 g/mol. The van der Waals surface area contributed by atoms with E-state index in [9.17, 15) is 4.79 Å². The summed E-state index contributed by atoms with van der Waals surface area (Å²) in [6.45, 7) is 0. The van der Waals surface area contributed by atoms with Crippen molar-refractivity contribution in [3.8, 4) is 11.5 Å². The van der Waals surface area contributed by atoms with Gasteiger partial charge >= 0.3 is 0 Å². The van der Waals surface area contributed by atoms with E-state index in [1.165, 1.54) is 11.3 Å². The lowest BCUT2D eigenvalue weighted by Gasteiger charge is -2.07. The lowest BCUT2D eigenvalue weighted by atomic mass is 10.1. The highest BCUT2D eigenvalue weighted by molar-refractivity contribution is 9.10. The molecule has 18 heavy (non-hydrogen) atoms. The number of thiophene rings is 1. The van der Waals surface area contributed by atoms with Gasteiger partial charge in [0.25, 0.3) is 0 Å². The molecule has 2 rings (SSSR count). The molecule has 0 unspecified atom stereocenters. The highest BCUT2D eigenvalue weighted by Crippen LogP contribution is 2.29. The van der Waals surface area contributed by atoms with Gasteiger partial charge in [0, 0.05) is 16.1 Å². The summed E-state index contributed by atoms with van der Waals surface area (Å²) in [6.07, 6.45) is 0. The van der Waals surface area contributed by atoms with Gasteiger partial charge in [-0.1, -0.05) is 0 Å². The molecule has 5 heteroatoms. The van der Waals surface area contributed by atoms with E-state index in [2.05, 4.69) is 15.9 Å². The molecule has 0 spiro atoms. The van der Waals surface area contributed by atoms with E-state index in [1.807, 2.05) is 11.4 Å². The number of carbonyl (C=O) groups excluding carboxylic acids is 1. The highest BCUT2D eigenvalue weighted by Gasteiger charge is 2.16. The van der Waals surface area contributed by atoms with Crippen LogP contribution in [0, 0.1) is 0 Å². The van der Waals surface area contributed by atoms with E-state index in [0.29, 0.717) is 21.9 Å². The van der Waals surface area contributed by atoms with Crippen molar-refractivity contribution in [3.63, 3.8) is 0 Å². The van der Waals surface area contributed by atoms with Crippen molar-refractivity contribution in [2.75, 3.05) is 14.2 Å². The minimum absolute atomic E-state index is 0.0472. The zero-order valence-electron chi connectivity index (χ0n) is 9.90. The molecule has 0 atom stereocenters. The molecule has 0 radical (unpaired) electrons. The number of ether oxygens (including phenoxy) is 2. The molecule has 0 aliphatic carbocycles. The zero-order valence-corrected chi connectivity index (χ0v) is 12.3. The number of benzene rings is 1. The first kappa shape index (κ1) is 13.1. The monoisotopic (exact) mass is 326 g/mol. The van der Waals surface area contributed by atoms with Gasteiger partial charge in [-0.3, -0.25) is 4.79 Å². The van der Waals surface area contributed by atoms with E-state index in [0.717, 1.165) is 4.47 Å². The number of methoxy groups -OCH3 is 2. The highest BCUT2D eigenvalue weighted by atomic mass is 79.9. The third-order valence-corrected chi connectivity index (χ3v) is 4.27. The van der Waals surface area contributed by atoms with Gasteiger partial charge in [-0.25, -0.2) is 0 Å². The molecule has 0 fully saturated rings. The van der Waals surface area contributed by atoms with E-state index in [4.69, 9.17) is 9.47 Å². The Bertz CT molecular complexity index is 555. The van der Waals surface area contributed by atoms with Crippen molar-refractivity contribution >= 4 is 33.0 Å². The van der Waals surface area contributed by atoms with Crippen molar-refractivity contribution in [2.24, 2.45) is 0 Å². The second kappa shape index (κ2) is 5.54. The van der Waals surface area contributed by atoms with E-state index < -0.39 is 0 Å². The molecule has 0 aliphatic heterocycles. The Morgan fingerprint density at radius 3 is 2.22 bits per heavy atom. The van der Waals surface area contributed by atoms with Gasteiger partial charge in [0.15, 0.2) is 0 Å². The SMILES string of the molecule is COc1cc(OC)cc(C(=O)c2sccc2Br)c1. The van der Waals surface area contributed by atoms with E-state index in [1.54, 1.807) is 32.4 Å². The minimum atomic E-state index is -0.0472. The topological polar surface area (TPSA) is 35.5 Å². The maximum atomic E-state index is 12.3. The number of hydrogen-bond donors (Lipinski definition) is 0. The summed E-state index contributed by atoms with van der Waals surface area (Å²) in [5, 5.41) is 1.87. The van der Waals surface area contributed by atoms with Gasteiger partial charge in [-0.2, -0.15) is 0 Å². The first-order valence-electron chi connectivity index (χ1n) is 5.16. The van der Waals surface area contributed by atoms with Crippen LogP contribution in [0.1, 0.15) is 15.2 Å². The van der Waals surface area contributed by atoms with Crippen LogP contribution in [0.3, 0.4) is 0 Å². The molecule has 0 bridgehead atoms. The Hall–Kier alpha value is -1.33. The average Bonchev–Trinajstić information content (AvgIpc) is 2.83. The van der Waals surface area contributed by atoms with E-state index >= 15 is 0 Å². The van der Waals surface area contributed by atoms with Crippen LogP contribution in [-0.2, 0) is 0 Å². The summed E-state index contributed by atoms with van der Waals surface area (Å²) in [5.74, 6) is 1.16. The molecule has 94 valence electrons. The fourth-order valence-corrected chi connectivity index (χ4v) is 3.04. The van der Waals surface area contributed by atoms with Crippen molar-refractivity contribution < 1.29 is 14.3 Å². The third-order valence-electron chi connectivity index (χ3n) is 2.44. The summed E-state index contributed by atoms with van der Waals surface area (Å²) in [5.41, 5.74) is 0.550. The van der Waals surface area contributed by atoms with Gasteiger partial charge in [0.1, 0.15) is 11.5 Å². The maximum Gasteiger partial charge on any atom is 0.204 e. The van der Waals surface area contributed by atoms with Crippen LogP contribution < -0.4 is 9.47 Å². The Labute approximate surface area is 117 Å². The second-order valence-corrected chi connectivity index (χ2v) is 5.30. The Balaban J connectivity index is 2.44. The number of ketones is 1. The van der Waals surface area contributed by atoms with Gasteiger partial charge in [0.05, 0.1) is 19.1 Å². The molecule has 1 heterocycles. The Morgan fingerprint density at radius 1 is 1.17 bits per heavy atom. The summed E-state index contributed by atoms with van der Waals surface area (Å²) in [4.78, 5) is 13.0. The first-order chi connectivity index (χ1) is 8.65. The van der Waals surface area contributed by atoms with Crippen LogP contribution >= 0.6 is 27.3 Å². The average molecular weight is 327 g/mol. The van der Waals surface area contributed by atoms with Crippen LogP contribution in [0.5, 0.6) is 11.5 Å². The van der Waals surface area contributed by atoms with Crippen LogP contribution in [-0.4, -0.2) is 20.0 Å². The zero-order chi connectivity index (χ0) is 13.1. The van der Waals surface area contributed by atoms with Crippen molar-refractivity contribution in [1.29, 1.82) is 0 Å². The first-order valence-corrected chi connectivity index (χ1v) is 6.83. The van der Waals surface area contributed by atoms with Crippen LogP contribution in [0.25, 0.3) is 0 Å². The van der Waals surface area contributed by atoms with Crippen LogP contribution in [0.15, 0.2) is 34.1 Å². The number of halogens is 1. The van der Waals surface area contributed by atoms with Crippen molar-refractivity contribution in [2.45, 2.75) is 0 Å². The van der Waals surface area contributed by atoms with Crippen molar-refractivity contribution in [3.05, 3.63) is 44.6 Å². The summed E-state index contributed by atoms with van der Waals surface area (Å²) >= 11 is 4.76. The lowest BCUT2D eigenvalue weighted by molar-refractivity contribution is 0.104. The predicted molar refractivity (Wildman–Crippen MR) is 75.0 cm³/mol. The van der Waals surface area contributed by atoms with Crippen molar-refractivity contribution in [1.82, 2.24) is 0 Å². The molecule has 0 saturated carbocycles. The Morgan fingerprint density at radius 2 is 1.78 bits per heavy atom. The minimum Gasteiger partial charge on any atom is -0.497 e. The molecule has 0 amide bonds. The summed E-state index contributed by atoms with van der Waals surface area (Å²) in [7, 11) is 3.12. The normalized spacial score (nSPS) is 10.2. The van der Waals surface area contributed by atoms with Gasteiger partial charge in [-0.05, 0) is 39.5 Å². The quantitative estimate of drug-likeness (QED) is 0.802. The maximum absolute atomic E-state index is 12.3. The number of carbonyl (C=O) groups is 1. The summed E-state index contributed by atoms with van der Waals surface area (Å²) < 4.78 is 11.1. The molecule has 0 N–H and O–H groups in total. The predicted octanol–water partition coefficient (Wildman–Crippen LogP) is 3.76. The molecule has 2 aromatic rings.